The molecule has 0 aliphatic rings. The average Bonchev–Trinajstić information content (AvgIpc) is 2.33. The topological polar surface area (TPSA) is 53.3 Å². The van der Waals surface area contributed by atoms with Crippen LogP contribution in [0.1, 0.15) is 23.0 Å². The highest BCUT2D eigenvalue weighted by atomic mass is 16.4. The number of aromatic carboxylic acids is 1. The Morgan fingerprint density at radius 1 is 1.80 bits per heavy atom. The van der Waals surface area contributed by atoms with Gasteiger partial charge in [-0.25, -0.2) is 0 Å². The second-order valence-electron chi connectivity index (χ2n) is 1.92. The minimum absolute atomic E-state index is 0.0532. The van der Waals surface area contributed by atoms with E-state index in [1.807, 2.05) is 6.92 Å². The maximum Gasteiger partial charge on any atom is 0.152 e. The molecule has 3 nitrogen and oxygen atoms in total. The summed E-state index contributed by atoms with van der Waals surface area (Å²) < 4.78 is 4.65. The van der Waals surface area contributed by atoms with Crippen molar-refractivity contribution in [1.82, 2.24) is 0 Å². The molecule has 10 heavy (non-hydrogen) atoms. The summed E-state index contributed by atoms with van der Waals surface area (Å²) in [4.78, 5) is 10.2. The van der Waals surface area contributed by atoms with E-state index in [0.717, 1.165) is 0 Å². The van der Waals surface area contributed by atoms with E-state index in [4.69, 9.17) is 0 Å². The second-order valence-corrected chi connectivity index (χ2v) is 1.92. The number of carbonyl (C=O) groups is 1. The first-order valence-electron chi connectivity index (χ1n) is 3.03. The van der Waals surface area contributed by atoms with Crippen molar-refractivity contribution in [2.45, 2.75) is 13.3 Å². The average molecular weight is 139 g/mol. The minimum Gasteiger partial charge on any atom is -0.542 e. The fourth-order valence-electron chi connectivity index (χ4n) is 0.793. The summed E-state index contributed by atoms with van der Waals surface area (Å²) in [6.07, 6.45) is 2.00. The van der Waals surface area contributed by atoms with E-state index in [1.54, 1.807) is 6.07 Å². The van der Waals surface area contributed by atoms with E-state index in [-0.39, 0.29) is 5.76 Å². The molecule has 0 aliphatic carbocycles. The van der Waals surface area contributed by atoms with Gasteiger partial charge in [0.05, 0.1) is 6.26 Å². The van der Waals surface area contributed by atoms with Gasteiger partial charge in [0, 0.05) is 0 Å². The number of carboxylic acids is 1. The quantitative estimate of drug-likeness (QED) is 0.588. The van der Waals surface area contributed by atoms with Crippen LogP contribution in [0, 0.1) is 0 Å². The number of hydrogen-bond acceptors (Lipinski definition) is 3. The van der Waals surface area contributed by atoms with Gasteiger partial charge in [-0.3, -0.25) is 0 Å². The molecule has 1 aromatic heterocycles. The predicted octanol–water partition coefficient (Wildman–Crippen LogP) is 0.205. The molecule has 0 bridgehead atoms. The van der Waals surface area contributed by atoms with Crippen molar-refractivity contribution in [2.75, 3.05) is 0 Å². The zero-order chi connectivity index (χ0) is 7.56. The van der Waals surface area contributed by atoms with Crippen molar-refractivity contribution < 1.29 is 14.3 Å². The Balaban J connectivity index is 3.01. The molecule has 3 heteroatoms. The van der Waals surface area contributed by atoms with Gasteiger partial charge in [-0.1, -0.05) is 6.92 Å². The van der Waals surface area contributed by atoms with Crippen LogP contribution in [0.5, 0.6) is 0 Å². The van der Waals surface area contributed by atoms with Crippen molar-refractivity contribution in [3.05, 3.63) is 23.7 Å². The molecule has 0 unspecified atom stereocenters. The standard InChI is InChI=1S/C7H8O3/c1-2-5-3-4-10-6(5)7(8)9/h3-4H,2H2,1H3,(H,8,9)/p-1. The molecule has 1 rings (SSSR count). The summed E-state index contributed by atoms with van der Waals surface area (Å²) in [7, 11) is 0. The lowest BCUT2D eigenvalue weighted by Crippen LogP contribution is -2.22. The maximum absolute atomic E-state index is 10.2. The Labute approximate surface area is 58.3 Å². The van der Waals surface area contributed by atoms with Crippen LogP contribution in [-0.2, 0) is 6.42 Å². The van der Waals surface area contributed by atoms with Gasteiger partial charge in [-0.05, 0) is 18.1 Å². The molecule has 0 amide bonds. The zero-order valence-corrected chi connectivity index (χ0v) is 5.59. The fourth-order valence-corrected chi connectivity index (χ4v) is 0.793. The van der Waals surface area contributed by atoms with Gasteiger partial charge < -0.3 is 14.3 Å². The van der Waals surface area contributed by atoms with Crippen LogP contribution in [0.4, 0.5) is 0 Å². The maximum atomic E-state index is 10.2. The number of hydrogen-bond donors (Lipinski definition) is 0. The van der Waals surface area contributed by atoms with Crippen molar-refractivity contribution in [1.29, 1.82) is 0 Å². The van der Waals surface area contributed by atoms with Gasteiger partial charge in [0.1, 0.15) is 5.97 Å². The third-order valence-corrected chi connectivity index (χ3v) is 1.31. The third-order valence-electron chi connectivity index (χ3n) is 1.31. The van der Waals surface area contributed by atoms with Crippen LogP contribution in [0.15, 0.2) is 16.7 Å². The molecular formula is C7H7O3-. The Morgan fingerprint density at radius 3 is 2.90 bits per heavy atom. The molecular weight excluding hydrogens is 132 g/mol. The zero-order valence-electron chi connectivity index (χ0n) is 5.59. The Hall–Kier alpha value is -1.25. The SMILES string of the molecule is CCc1ccoc1C(=O)[O-]. The molecule has 0 aromatic carbocycles. The lowest BCUT2D eigenvalue weighted by atomic mass is 10.2. The van der Waals surface area contributed by atoms with Gasteiger partial charge in [-0.15, -0.1) is 0 Å². The number of furan rings is 1. The molecule has 0 saturated heterocycles. The largest absolute Gasteiger partial charge is 0.542 e. The molecule has 0 spiro atoms. The first-order valence-corrected chi connectivity index (χ1v) is 3.03. The highest BCUT2D eigenvalue weighted by Gasteiger charge is 2.03. The van der Waals surface area contributed by atoms with E-state index in [1.165, 1.54) is 6.26 Å². The van der Waals surface area contributed by atoms with Crippen LogP contribution in [-0.4, -0.2) is 5.97 Å². The fraction of sp³-hybridized carbons (Fsp3) is 0.286. The Bertz CT molecular complexity index is 237. The van der Waals surface area contributed by atoms with E-state index < -0.39 is 5.97 Å². The minimum atomic E-state index is -1.25. The van der Waals surface area contributed by atoms with Gasteiger partial charge in [0.25, 0.3) is 0 Å². The number of aryl methyl sites for hydroxylation is 1. The van der Waals surface area contributed by atoms with Crippen molar-refractivity contribution in [3.63, 3.8) is 0 Å². The highest BCUT2D eigenvalue weighted by Crippen LogP contribution is 2.09. The summed E-state index contributed by atoms with van der Waals surface area (Å²) in [5.41, 5.74) is 0.681. The summed E-state index contributed by atoms with van der Waals surface area (Å²) in [6, 6.07) is 1.63. The van der Waals surface area contributed by atoms with E-state index in [2.05, 4.69) is 4.42 Å². The van der Waals surface area contributed by atoms with Crippen molar-refractivity contribution in [2.24, 2.45) is 0 Å². The smallest absolute Gasteiger partial charge is 0.152 e. The van der Waals surface area contributed by atoms with Crippen molar-refractivity contribution >= 4 is 5.97 Å². The predicted molar refractivity (Wildman–Crippen MR) is 32.4 cm³/mol. The van der Waals surface area contributed by atoms with Crippen LogP contribution >= 0.6 is 0 Å². The summed E-state index contributed by atoms with van der Waals surface area (Å²) in [5, 5.41) is 10.2. The summed E-state index contributed by atoms with van der Waals surface area (Å²) >= 11 is 0. The molecule has 0 atom stereocenters. The summed E-state index contributed by atoms with van der Waals surface area (Å²) in [5.74, 6) is -1.30. The first kappa shape index (κ1) is 6.86. The van der Waals surface area contributed by atoms with Crippen molar-refractivity contribution in [3.8, 4) is 0 Å². The summed E-state index contributed by atoms with van der Waals surface area (Å²) in [6.45, 7) is 1.86. The first-order chi connectivity index (χ1) is 4.75. The number of rotatable bonds is 2. The van der Waals surface area contributed by atoms with E-state index in [0.29, 0.717) is 12.0 Å². The number of carboxylic acid groups (broad SMARTS) is 1. The van der Waals surface area contributed by atoms with E-state index in [9.17, 15) is 9.90 Å². The molecule has 0 saturated carbocycles. The number of carbonyl (C=O) groups excluding carboxylic acids is 1. The van der Waals surface area contributed by atoms with E-state index >= 15 is 0 Å². The highest BCUT2D eigenvalue weighted by molar-refractivity contribution is 5.84. The molecule has 0 aliphatic heterocycles. The third kappa shape index (κ3) is 1.03. The lowest BCUT2D eigenvalue weighted by Gasteiger charge is -1.98. The molecule has 54 valence electrons. The Kier molecular flexibility index (Phi) is 1.76. The van der Waals surface area contributed by atoms with Gasteiger partial charge in [0.2, 0.25) is 0 Å². The van der Waals surface area contributed by atoms with Crippen LogP contribution in [0.3, 0.4) is 0 Å². The van der Waals surface area contributed by atoms with Crippen LogP contribution in [0.2, 0.25) is 0 Å². The monoisotopic (exact) mass is 139 g/mol. The normalized spacial score (nSPS) is 9.70. The molecule has 0 N–H and O–H groups in total. The van der Waals surface area contributed by atoms with Crippen LogP contribution < -0.4 is 5.11 Å². The van der Waals surface area contributed by atoms with Gasteiger partial charge in [-0.2, -0.15) is 0 Å². The van der Waals surface area contributed by atoms with Crippen LogP contribution in [0.25, 0.3) is 0 Å². The lowest BCUT2D eigenvalue weighted by molar-refractivity contribution is -0.257. The molecule has 0 fully saturated rings. The molecule has 1 aromatic rings. The van der Waals surface area contributed by atoms with Gasteiger partial charge in [0.15, 0.2) is 5.76 Å². The van der Waals surface area contributed by atoms with Gasteiger partial charge >= 0.3 is 0 Å². The Morgan fingerprint density at radius 2 is 2.50 bits per heavy atom. The molecule has 1 heterocycles. The second kappa shape index (κ2) is 2.56. The molecule has 0 radical (unpaired) electrons.